The molecule has 5 heteroatoms. The third-order valence-corrected chi connectivity index (χ3v) is 3.61. The molecular formula is C20H39NO4. The largest absolute Gasteiger partial charge is 0.481 e. The van der Waals surface area contributed by atoms with Gasteiger partial charge in [-0.15, -0.1) is 0 Å². The van der Waals surface area contributed by atoms with Gasteiger partial charge in [0.1, 0.15) is 6.61 Å². The number of likely N-dealkylation sites (N-methyl/N-ethyl adjacent to an activating group) is 1. The van der Waals surface area contributed by atoms with Gasteiger partial charge in [-0.1, -0.05) is 64.9 Å². The number of unbranched alkanes of at least 4 members (excludes halogenated alkanes) is 8. The maximum atomic E-state index is 10.8. The summed E-state index contributed by atoms with van der Waals surface area (Å²) in [6.07, 6.45) is 11.5. The normalized spacial score (nSPS) is 10.1. The number of nitrogens with zero attached hydrogens (tertiary/aromatic N) is 1. The van der Waals surface area contributed by atoms with Crippen molar-refractivity contribution < 1.29 is 19.4 Å². The lowest BCUT2D eigenvalue weighted by molar-refractivity contribution is -0.139. The highest BCUT2D eigenvalue weighted by Crippen LogP contribution is 2.10. The lowest BCUT2D eigenvalue weighted by atomic mass is 10.1. The molecule has 0 amide bonds. The summed E-state index contributed by atoms with van der Waals surface area (Å²) in [4.78, 5) is 22.9. The average molecular weight is 358 g/mol. The smallest absolute Gasteiger partial charge is 0.333 e. The van der Waals surface area contributed by atoms with E-state index in [4.69, 9.17) is 9.84 Å². The van der Waals surface area contributed by atoms with Crippen LogP contribution in [0.1, 0.15) is 78.1 Å². The van der Waals surface area contributed by atoms with Crippen LogP contribution in [-0.2, 0) is 14.3 Å². The molecule has 0 spiro atoms. The predicted molar refractivity (Wildman–Crippen MR) is 104 cm³/mol. The van der Waals surface area contributed by atoms with E-state index >= 15 is 0 Å². The summed E-state index contributed by atoms with van der Waals surface area (Å²) in [7, 11) is 3.85. The molecule has 148 valence electrons. The summed E-state index contributed by atoms with van der Waals surface area (Å²) in [5.41, 5.74) is 0.448. The van der Waals surface area contributed by atoms with Gasteiger partial charge in [-0.3, -0.25) is 4.79 Å². The number of carbonyl (C=O) groups is 2. The standard InChI is InChI=1S/C12H24O2.C8H15NO2/c1-2-3-4-5-6-7-8-9-10-11-12(13)14;1-7(2)8(10)11-6-5-9(3)4/h2-11H2,1H3,(H,13,14);1,5-6H2,2-4H3. The van der Waals surface area contributed by atoms with Crippen LogP contribution in [0.25, 0.3) is 0 Å². The summed E-state index contributed by atoms with van der Waals surface area (Å²) in [6.45, 7) is 8.51. The summed E-state index contributed by atoms with van der Waals surface area (Å²) in [5, 5.41) is 8.41. The van der Waals surface area contributed by atoms with Crippen LogP contribution in [0.5, 0.6) is 0 Å². The maximum Gasteiger partial charge on any atom is 0.333 e. The van der Waals surface area contributed by atoms with Crippen LogP contribution in [0, 0.1) is 0 Å². The van der Waals surface area contributed by atoms with Crippen molar-refractivity contribution in [1.82, 2.24) is 4.90 Å². The van der Waals surface area contributed by atoms with Gasteiger partial charge in [-0.25, -0.2) is 4.79 Å². The minimum Gasteiger partial charge on any atom is -0.481 e. The van der Waals surface area contributed by atoms with E-state index in [9.17, 15) is 9.59 Å². The van der Waals surface area contributed by atoms with Gasteiger partial charge in [-0.2, -0.15) is 0 Å². The van der Waals surface area contributed by atoms with Crippen molar-refractivity contribution in [3.63, 3.8) is 0 Å². The monoisotopic (exact) mass is 357 g/mol. The third kappa shape index (κ3) is 25.0. The van der Waals surface area contributed by atoms with Crippen LogP contribution in [0.2, 0.25) is 0 Å². The first kappa shape index (κ1) is 25.9. The quantitative estimate of drug-likeness (QED) is 0.278. The minimum absolute atomic E-state index is 0.313. The fourth-order valence-electron chi connectivity index (χ4n) is 2.03. The fourth-order valence-corrected chi connectivity index (χ4v) is 2.03. The van der Waals surface area contributed by atoms with Crippen LogP contribution in [0.3, 0.4) is 0 Å². The lowest BCUT2D eigenvalue weighted by Crippen LogP contribution is -2.20. The molecule has 25 heavy (non-hydrogen) atoms. The molecule has 0 unspecified atom stereocenters. The van der Waals surface area contributed by atoms with Crippen LogP contribution in [0.15, 0.2) is 12.2 Å². The van der Waals surface area contributed by atoms with Crippen molar-refractivity contribution in [1.29, 1.82) is 0 Å². The van der Waals surface area contributed by atoms with E-state index in [1.807, 2.05) is 19.0 Å². The first-order valence-electron chi connectivity index (χ1n) is 9.50. The molecule has 0 bridgehead atoms. The van der Waals surface area contributed by atoms with E-state index in [0.29, 0.717) is 18.6 Å². The Bertz CT molecular complexity index is 354. The van der Waals surface area contributed by atoms with Crippen LogP contribution < -0.4 is 0 Å². The number of ether oxygens (including phenoxy) is 1. The Balaban J connectivity index is 0. The van der Waals surface area contributed by atoms with Crippen LogP contribution >= 0.6 is 0 Å². The lowest BCUT2D eigenvalue weighted by Gasteiger charge is -2.09. The van der Waals surface area contributed by atoms with Gasteiger partial charge in [0.05, 0.1) is 0 Å². The van der Waals surface area contributed by atoms with E-state index in [1.54, 1.807) is 6.92 Å². The second-order valence-corrected chi connectivity index (χ2v) is 6.69. The third-order valence-electron chi connectivity index (χ3n) is 3.61. The Morgan fingerprint density at radius 3 is 1.84 bits per heavy atom. The van der Waals surface area contributed by atoms with Gasteiger partial charge in [-0.05, 0) is 27.4 Å². The van der Waals surface area contributed by atoms with E-state index in [-0.39, 0.29) is 5.97 Å². The van der Waals surface area contributed by atoms with Crippen LogP contribution in [-0.4, -0.2) is 49.2 Å². The second kappa shape index (κ2) is 19.0. The Morgan fingerprint density at radius 1 is 0.960 bits per heavy atom. The molecular weight excluding hydrogens is 318 g/mol. The van der Waals surface area contributed by atoms with E-state index in [1.165, 1.54) is 44.9 Å². The van der Waals surface area contributed by atoms with Crippen LogP contribution in [0.4, 0.5) is 0 Å². The zero-order chi connectivity index (χ0) is 19.5. The highest BCUT2D eigenvalue weighted by molar-refractivity contribution is 5.86. The molecule has 0 aliphatic carbocycles. The summed E-state index contributed by atoms with van der Waals surface area (Å²) in [5.74, 6) is -0.972. The Hall–Kier alpha value is -1.36. The Kier molecular flexibility index (Phi) is 19.6. The van der Waals surface area contributed by atoms with Crippen molar-refractivity contribution in [3.8, 4) is 0 Å². The molecule has 0 aromatic rings. The van der Waals surface area contributed by atoms with Gasteiger partial charge >= 0.3 is 11.9 Å². The van der Waals surface area contributed by atoms with Gasteiger partial charge < -0.3 is 14.7 Å². The van der Waals surface area contributed by atoms with Crippen molar-refractivity contribution in [2.45, 2.75) is 78.1 Å². The Labute approximate surface area is 154 Å². The van der Waals surface area contributed by atoms with Crippen molar-refractivity contribution in [3.05, 3.63) is 12.2 Å². The number of carboxylic acids is 1. The van der Waals surface area contributed by atoms with E-state index in [2.05, 4.69) is 13.5 Å². The molecule has 0 aliphatic heterocycles. The molecule has 0 aromatic heterocycles. The van der Waals surface area contributed by atoms with Gasteiger partial charge in [0.15, 0.2) is 0 Å². The van der Waals surface area contributed by atoms with E-state index in [0.717, 1.165) is 19.4 Å². The highest BCUT2D eigenvalue weighted by atomic mass is 16.5. The predicted octanol–water partition coefficient (Wildman–Crippen LogP) is 4.66. The number of carboxylic acid groups (broad SMARTS) is 1. The molecule has 0 heterocycles. The molecule has 5 nitrogen and oxygen atoms in total. The fraction of sp³-hybridized carbons (Fsp3) is 0.800. The average Bonchev–Trinajstić information content (AvgIpc) is 2.53. The number of hydrogen-bond acceptors (Lipinski definition) is 4. The summed E-state index contributed by atoms with van der Waals surface area (Å²) >= 11 is 0. The molecule has 0 atom stereocenters. The van der Waals surface area contributed by atoms with E-state index < -0.39 is 5.97 Å². The second-order valence-electron chi connectivity index (χ2n) is 6.69. The number of aliphatic carboxylic acids is 1. The zero-order valence-electron chi connectivity index (χ0n) is 16.8. The number of rotatable bonds is 14. The van der Waals surface area contributed by atoms with Crippen molar-refractivity contribution >= 4 is 11.9 Å². The van der Waals surface area contributed by atoms with Crippen molar-refractivity contribution in [2.24, 2.45) is 0 Å². The number of hydrogen-bond donors (Lipinski definition) is 1. The molecule has 0 aromatic carbocycles. The molecule has 1 N–H and O–H groups in total. The zero-order valence-corrected chi connectivity index (χ0v) is 16.8. The first-order chi connectivity index (χ1) is 11.8. The van der Waals surface area contributed by atoms with Gasteiger partial charge in [0.25, 0.3) is 0 Å². The van der Waals surface area contributed by atoms with Gasteiger partial charge in [0, 0.05) is 18.5 Å². The molecule has 0 aliphatic rings. The topological polar surface area (TPSA) is 66.8 Å². The van der Waals surface area contributed by atoms with Crippen molar-refractivity contribution in [2.75, 3.05) is 27.2 Å². The molecule has 0 rings (SSSR count). The maximum absolute atomic E-state index is 10.8. The minimum atomic E-state index is -0.659. The molecule has 0 radical (unpaired) electrons. The SMILES string of the molecule is C=C(C)C(=O)OCCN(C)C.CCCCCCCCCCCC(=O)O. The Morgan fingerprint density at radius 2 is 1.44 bits per heavy atom. The summed E-state index contributed by atoms with van der Waals surface area (Å²) < 4.78 is 4.83. The first-order valence-corrected chi connectivity index (χ1v) is 9.50. The number of carbonyl (C=O) groups excluding carboxylic acids is 1. The summed E-state index contributed by atoms with van der Waals surface area (Å²) in [6, 6.07) is 0. The highest BCUT2D eigenvalue weighted by Gasteiger charge is 2.01. The number of esters is 1. The molecule has 0 saturated heterocycles. The van der Waals surface area contributed by atoms with Gasteiger partial charge in [0.2, 0.25) is 0 Å². The molecule has 0 fully saturated rings. The molecule has 0 saturated carbocycles.